The van der Waals surface area contributed by atoms with Crippen molar-refractivity contribution in [3.8, 4) is 0 Å². The van der Waals surface area contributed by atoms with Crippen LogP contribution in [0.1, 0.15) is 31.2 Å². The van der Waals surface area contributed by atoms with Gasteiger partial charge in [0.05, 0.1) is 5.69 Å². The average Bonchev–Trinajstić information content (AvgIpc) is 2.69. The Hall–Kier alpha value is -2.17. The van der Waals surface area contributed by atoms with Crippen molar-refractivity contribution >= 4 is 29.3 Å². The molecule has 1 amide bonds. The summed E-state index contributed by atoms with van der Waals surface area (Å²) < 4.78 is 13.6. The Kier molecular flexibility index (Phi) is 7.63. The van der Waals surface area contributed by atoms with Crippen LogP contribution >= 0.6 is 11.6 Å². The Morgan fingerprint density at radius 2 is 1.93 bits per heavy atom. The first kappa shape index (κ1) is 20.6. The van der Waals surface area contributed by atoms with Crippen LogP contribution in [0, 0.1) is 11.7 Å². The Bertz CT molecular complexity index is 809. The van der Waals surface area contributed by atoms with E-state index >= 15 is 0 Å². The molecule has 28 heavy (non-hydrogen) atoms. The summed E-state index contributed by atoms with van der Waals surface area (Å²) in [6.45, 7) is 2.69. The summed E-state index contributed by atoms with van der Waals surface area (Å²) in [5.74, 6) is -0.0786. The fourth-order valence-electron chi connectivity index (χ4n) is 3.63. The number of piperidine rings is 1. The number of nitrogens with zero attached hydrogens (tertiary/aromatic N) is 1. The highest BCUT2D eigenvalue weighted by Crippen LogP contribution is 2.23. The summed E-state index contributed by atoms with van der Waals surface area (Å²) >= 11 is 6.45. The molecule has 1 heterocycles. The number of anilines is 1. The Balaban J connectivity index is 1.45. The van der Waals surface area contributed by atoms with Crippen molar-refractivity contribution in [2.75, 3.05) is 25.0 Å². The molecule has 148 valence electrons. The number of rotatable bonds is 7. The minimum atomic E-state index is -0.403. The third kappa shape index (κ3) is 6.47. The van der Waals surface area contributed by atoms with Crippen LogP contribution in [0.15, 0.2) is 59.6 Å². The third-order valence-electron chi connectivity index (χ3n) is 5.03. The average molecular weight is 401 g/mol. The van der Waals surface area contributed by atoms with Gasteiger partial charge in [-0.2, -0.15) is 0 Å². The van der Waals surface area contributed by atoms with Crippen LogP contribution in [-0.4, -0.2) is 30.4 Å². The first-order chi connectivity index (χ1) is 13.6. The topological polar surface area (TPSA) is 32.3 Å². The Labute approximate surface area is 171 Å². The quantitative estimate of drug-likeness (QED) is 0.662. The molecular formula is C23H26ClFN2O. The van der Waals surface area contributed by atoms with E-state index in [1.807, 2.05) is 36.4 Å². The normalized spacial score (nSPS) is 18.1. The second kappa shape index (κ2) is 10.4. The number of para-hydroxylation sites is 1. The fourth-order valence-corrected chi connectivity index (χ4v) is 3.93. The first-order valence-electron chi connectivity index (χ1n) is 9.78. The summed E-state index contributed by atoms with van der Waals surface area (Å²) in [4.78, 5) is 14.5. The van der Waals surface area contributed by atoms with E-state index in [9.17, 15) is 9.18 Å². The van der Waals surface area contributed by atoms with Gasteiger partial charge in [-0.1, -0.05) is 54.1 Å². The molecule has 1 aliphatic heterocycles. The fraction of sp³-hybridized carbons (Fsp3) is 0.348. The number of nitrogens with one attached hydrogen (secondary N) is 1. The molecule has 2 aromatic carbocycles. The molecule has 0 radical (unpaired) electrons. The minimum absolute atomic E-state index is 0.135. The molecule has 0 spiro atoms. The van der Waals surface area contributed by atoms with E-state index in [2.05, 4.69) is 10.2 Å². The van der Waals surface area contributed by atoms with E-state index in [-0.39, 0.29) is 11.6 Å². The molecule has 1 fully saturated rings. The van der Waals surface area contributed by atoms with Crippen molar-refractivity contribution < 1.29 is 9.18 Å². The Morgan fingerprint density at radius 3 is 2.71 bits per heavy atom. The molecule has 1 N–H and O–H groups in total. The van der Waals surface area contributed by atoms with Crippen molar-refractivity contribution in [2.45, 2.75) is 25.7 Å². The molecule has 2 aromatic rings. The third-order valence-corrected chi connectivity index (χ3v) is 5.26. The molecule has 0 aromatic heterocycles. The zero-order chi connectivity index (χ0) is 19.8. The zero-order valence-electron chi connectivity index (χ0n) is 15.9. The number of likely N-dealkylation sites (tertiary alicyclic amines) is 1. The lowest BCUT2D eigenvalue weighted by Gasteiger charge is -2.32. The van der Waals surface area contributed by atoms with Gasteiger partial charge in [-0.25, -0.2) is 4.39 Å². The standard InChI is InChI=1S/C23H26ClFN2O/c24-20(15-18-7-2-1-3-8-18)17-27-14-6-9-19(16-27)12-13-23(28)26-22-11-5-4-10-21(22)25/h1-5,7-8,10-11,15,19H,6,9,12-14,16-17H2,(H,26,28)/b20-15-. The van der Waals surface area contributed by atoms with Gasteiger partial charge in [0.1, 0.15) is 5.82 Å². The van der Waals surface area contributed by atoms with Gasteiger partial charge in [0.25, 0.3) is 0 Å². The summed E-state index contributed by atoms with van der Waals surface area (Å²) in [6, 6.07) is 16.3. The van der Waals surface area contributed by atoms with E-state index in [1.54, 1.807) is 18.2 Å². The van der Waals surface area contributed by atoms with E-state index in [1.165, 1.54) is 6.07 Å². The number of amides is 1. The maximum Gasteiger partial charge on any atom is 0.224 e. The van der Waals surface area contributed by atoms with Gasteiger partial charge < -0.3 is 5.32 Å². The number of carbonyl (C=O) groups excluding carboxylic acids is 1. The lowest BCUT2D eigenvalue weighted by molar-refractivity contribution is -0.116. The maximum atomic E-state index is 13.6. The van der Waals surface area contributed by atoms with Crippen molar-refractivity contribution in [1.82, 2.24) is 4.90 Å². The predicted octanol–water partition coefficient (Wildman–Crippen LogP) is 5.54. The number of halogens is 2. The van der Waals surface area contributed by atoms with Gasteiger partial charge in [-0.3, -0.25) is 9.69 Å². The highest BCUT2D eigenvalue weighted by atomic mass is 35.5. The zero-order valence-corrected chi connectivity index (χ0v) is 16.7. The molecule has 1 saturated heterocycles. The van der Waals surface area contributed by atoms with Crippen molar-refractivity contribution in [3.63, 3.8) is 0 Å². The van der Waals surface area contributed by atoms with E-state index < -0.39 is 5.82 Å². The van der Waals surface area contributed by atoms with Gasteiger partial charge >= 0.3 is 0 Å². The van der Waals surface area contributed by atoms with Crippen molar-refractivity contribution in [2.24, 2.45) is 5.92 Å². The highest BCUT2D eigenvalue weighted by molar-refractivity contribution is 6.31. The van der Waals surface area contributed by atoms with E-state index in [0.29, 0.717) is 12.3 Å². The molecule has 0 bridgehead atoms. The smallest absolute Gasteiger partial charge is 0.224 e. The summed E-state index contributed by atoms with van der Waals surface area (Å²) in [5.41, 5.74) is 1.35. The summed E-state index contributed by atoms with van der Waals surface area (Å²) in [6.07, 6.45) is 5.43. The second-order valence-corrected chi connectivity index (χ2v) is 7.80. The molecule has 1 unspecified atom stereocenters. The SMILES string of the molecule is O=C(CCC1CCCN(C/C(Cl)=C/c2ccccc2)C1)Nc1ccccc1F. The largest absolute Gasteiger partial charge is 0.324 e. The van der Waals surface area contributed by atoms with Gasteiger partial charge in [0, 0.05) is 24.5 Å². The van der Waals surface area contributed by atoms with Crippen LogP contribution in [0.5, 0.6) is 0 Å². The van der Waals surface area contributed by atoms with Gasteiger partial charge in [-0.05, 0) is 55.5 Å². The number of hydrogen-bond acceptors (Lipinski definition) is 2. The maximum absolute atomic E-state index is 13.6. The molecule has 1 atom stereocenters. The molecule has 0 saturated carbocycles. The van der Waals surface area contributed by atoms with Gasteiger partial charge in [0.15, 0.2) is 0 Å². The van der Waals surface area contributed by atoms with Crippen LogP contribution in [-0.2, 0) is 4.79 Å². The monoisotopic (exact) mass is 400 g/mol. The van der Waals surface area contributed by atoms with Crippen LogP contribution in [0.2, 0.25) is 0 Å². The number of hydrogen-bond donors (Lipinski definition) is 1. The van der Waals surface area contributed by atoms with Crippen molar-refractivity contribution in [1.29, 1.82) is 0 Å². The highest BCUT2D eigenvalue weighted by Gasteiger charge is 2.21. The molecule has 0 aliphatic carbocycles. The minimum Gasteiger partial charge on any atom is -0.324 e. The van der Waals surface area contributed by atoms with Gasteiger partial charge in [-0.15, -0.1) is 0 Å². The summed E-state index contributed by atoms with van der Waals surface area (Å²) in [7, 11) is 0. The predicted molar refractivity (Wildman–Crippen MR) is 114 cm³/mol. The van der Waals surface area contributed by atoms with Crippen LogP contribution in [0.4, 0.5) is 10.1 Å². The van der Waals surface area contributed by atoms with Crippen molar-refractivity contribution in [3.05, 3.63) is 71.0 Å². The lowest BCUT2D eigenvalue weighted by Crippen LogP contribution is -2.36. The summed E-state index contributed by atoms with van der Waals surface area (Å²) in [5, 5.41) is 3.49. The van der Waals surface area contributed by atoms with E-state index in [0.717, 1.165) is 49.5 Å². The lowest BCUT2D eigenvalue weighted by atomic mass is 9.93. The van der Waals surface area contributed by atoms with E-state index in [4.69, 9.17) is 11.6 Å². The Morgan fingerprint density at radius 1 is 1.18 bits per heavy atom. The van der Waals surface area contributed by atoms with Crippen LogP contribution in [0.3, 0.4) is 0 Å². The molecule has 5 heteroatoms. The van der Waals surface area contributed by atoms with Gasteiger partial charge in [0.2, 0.25) is 5.91 Å². The first-order valence-corrected chi connectivity index (χ1v) is 10.2. The molecule has 1 aliphatic rings. The van der Waals surface area contributed by atoms with Crippen LogP contribution < -0.4 is 5.32 Å². The number of benzene rings is 2. The molecule has 3 nitrogen and oxygen atoms in total. The second-order valence-electron chi connectivity index (χ2n) is 7.31. The number of carbonyl (C=O) groups is 1. The molecule has 3 rings (SSSR count). The molecular weight excluding hydrogens is 375 g/mol. The van der Waals surface area contributed by atoms with Crippen LogP contribution in [0.25, 0.3) is 6.08 Å².